The third-order valence-electron chi connectivity index (χ3n) is 3.82. The number of benzene rings is 1. The second-order valence-corrected chi connectivity index (χ2v) is 5.70. The van der Waals surface area contributed by atoms with Crippen LogP contribution in [0.2, 0.25) is 0 Å². The van der Waals surface area contributed by atoms with Gasteiger partial charge in [0.25, 0.3) is 5.56 Å². The van der Waals surface area contributed by atoms with Crippen LogP contribution in [0, 0.1) is 13.8 Å². The minimum absolute atomic E-state index is 0.0291. The zero-order valence-electron chi connectivity index (χ0n) is 14.5. The molecule has 0 amide bonds. The zero-order chi connectivity index (χ0) is 22.5. The lowest BCUT2D eigenvalue weighted by Crippen LogP contribution is -2.40. The SMILES string of the molecule is Cc1c(C)n(OC(=O)C(F)(F)F)c(=O)c2c(N)c(N)cc(OC(=O)C(F)(F)F)c12. The number of pyridine rings is 1. The lowest BCUT2D eigenvalue weighted by molar-refractivity contribution is -0.200. The fourth-order valence-electron chi connectivity index (χ4n) is 2.36. The van der Waals surface area contributed by atoms with Gasteiger partial charge in [0, 0.05) is 11.5 Å². The molecule has 1 aromatic carbocycles. The van der Waals surface area contributed by atoms with Gasteiger partial charge in [0.1, 0.15) is 5.75 Å². The summed E-state index contributed by atoms with van der Waals surface area (Å²) in [7, 11) is 0. The number of hydrogen-bond donors (Lipinski definition) is 2. The number of anilines is 2. The lowest BCUT2D eigenvalue weighted by atomic mass is 10.0. The number of nitrogens with two attached hydrogens (primary N) is 2. The Morgan fingerprint density at radius 3 is 1.97 bits per heavy atom. The van der Waals surface area contributed by atoms with Crippen LogP contribution in [0.5, 0.6) is 5.75 Å². The van der Waals surface area contributed by atoms with E-state index in [1.54, 1.807) is 0 Å². The van der Waals surface area contributed by atoms with Crippen molar-refractivity contribution >= 4 is 34.1 Å². The van der Waals surface area contributed by atoms with Gasteiger partial charge < -0.3 is 21.0 Å². The third kappa shape index (κ3) is 3.90. The van der Waals surface area contributed by atoms with Gasteiger partial charge >= 0.3 is 24.3 Å². The predicted octanol–water partition coefficient (Wildman–Crippen LogP) is 1.77. The monoisotopic (exact) mass is 427 g/mol. The van der Waals surface area contributed by atoms with Gasteiger partial charge in [-0.05, 0) is 19.4 Å². The highest BCUT2D eigenvalue weighted by Crippen LogP contribution is 2.37. The van der Waals surface area contributed by atoms with Gasteiger partial charge in [-0.3, -0.25) is 4.79 Å². The van der Waals surface area contributed by atoms with Crippen LogP contribution in [0.25, 0.3) is 10.8 Å². The fraction of sp³-hybridized carbons (Fsp3) is 0.267. The van der Waals surface area contributed by atoms with E-state index in [1.165, 1.54) is 0 Å². The molecule has 0 spiro atoms. The number of halogens is 6. The van der Waals surface area contributed by atoms with Crippen LogP contribution in [-0.2, 0) is 9.59 Å². The van der Waals surface area contributed by atoms with E-state index in [1.807, 2.05) is 0 Å². The van der Waals surface area contributed by atoms with Crippen molar-refractivity contribution in [2.75, 3.05) is 11.5 Å². The van der Waals surface area contributed by atoms with Gasteiger partial charge in [-0.2, -0.15) is 26.3 Å². The first-order chi connectivity index (χ1) is 13.1. The van der Waals surface area contributed by atoms with Crippen LogP contribution in [0.1, 0.15) is 11.3 Å². The summed E-state index contributed by atoms with van der Waals surface area (Å²) >= 11 is 0. The molecule has 29 heavy (non-hydrogen) atoms. The van der Waals surface area contributed by atoms with Gasteiger partial charge in [-0.25, -0.2) is 9.59 Å². The minimum Gasteiger partial charge on any atom is -0.419 e. The molecule has 0 aliphatic heterocycles. The number of carbonyl (C=O) groups is 2. The van der Waals surface area contributed by atoms with Crippen molar-refractivity contribution in [1.82, 2.24) is 4.73 Å². The molecule has 4 N–H and O–H groups in total. The molecular formula is C15H11F6N3O5. The third-order valence-corrected chi connectivity index (χ3v) is 3.82. The number of ether oxygens (including phenoxy) is 1. The standard InChI is InChI=1S/C15H11F6N3O5/c1-4-5(2)24(29-13(27)15(19,20)21)11(25)9-8(4)7(3-6(22)10(9)23)28-12(26)14(16,17)18/h3H,22-23H2,1-2H3. The highest BCUT2D eigenvalue weighted by molar-refractivity contribution is 6.04. The van der Waals surface area contributed by atoms with Crippen molar-refractivity contribution in [3.63, 3.8) is 0 Å². The Bertz CT molecular complexity index is 1090. The smallest absolute Gasteiger partial charge is 0.419 e. The molecule has 0 unspecified atom stereocenters. The highest BCUT2D eigenvalue weighted by Gasteiger charge is 2.43. The van der Waals surface area contributed by atoms with E-state index in [0.717, 1.165) is 19.9 Å². The van der Waals surface area contributed by atoms with Gasteiger partial charge in [-0.15, -0.1) is 4.73 Å². The number of fused-ring (bicyclic) bond motifs is 1. The van der Waals surface area contributed by atoms with Gasteiger partial charge in [0.05, 0.1) is 22.5 Å². The second kappa shape index (κ2) is 6.86. The molecule has 0 aliphatic carbocycles. The van der Waals surface area contributed by atoms with E-state index < -0.39 is 63.4 Å². The molecule has 0 radical (unpaired) electrons. The van der Waals surface area contributed by atoms with Crippen LogP contribution < -0.4 is 26.6 Å². The van der Waals surface area contributed by atoms with Gasteiger partial charge in [0.15, 0.2) is 0 Å². The summed E-state index contributed by atoms with van der Waals surface area (Å²) in [6.45, 7) is 2.21. The number of alkyl halides is 6. The van der Waals surface area contributed by atoms with Crippen molar-refractivity contribution in [3.8, 4) is 5.75 Å². The fourth-order valence-corrected chi connectivity index (χ4v) is 2.36. The Kier molecular flexibility index (Phi) is 5.17. The Labute approximate surface area is 156 Å². The maximum absolute atomic E-state index is 12.6. The molecule has 1 heterocycles. The van der Waals surface area contributed by atoms with E-state index in [0.29, 0.717) is 0 Å². The van der Waals surface area contributed by atoms with Crippen LogP contribution in [-0.4, -0.2) is 29.0 Å². The molecule has 1 aromatic heterocycles. The van der Waals surface area contributed by atoms with E-state index in [-0.39, 0.29) is 10.3 Å². The lowest BCUT2D eigenvalue weighted by Gasteiger charge is -2.18. The molecule has 0 saturated heterocycles. The minimum atomic E-state index is -5.44. The Balaban J connectivity index is 2.84. The summed E-state index contributed by atoms with van der Waals surface area (Å²) in [5.74, 6) is -6.17. The molecule has 2 rings (SSSR count). The molecule has 158 valence electrons. The van der Waals surface area contributed by atoms with E-state index in [4.69, 9.17) is 11.5 Å². The van der Waals surface area contributed by atoms with Crippen molar-refractivity contribution in [2.45, 2.75) is 26.2 Å². The first-order valence-electron chi connectivity index (χ1n) is 7.39. The number of hydrogen-bond acceptors (Lipinski definition) is 7. The zero-order valence-corrected chi connectivity index (χ0v) is 14.5. The average Bonchev–Trinajstić information content (AvgIpc) is 2.57. The first kappa shape index (κ1) is 21.8. The van der Waals surface area contributed by atoms with Gasteiger partial charge in [0.2, 0.25) is 0 Å². The second-order valence-electron chi connectivity index (χ2n) is 5.70. The van der Waals surface area contributed by atoms with Crippen molar-refractivity contribution < 1.29 is 45.5 Å². The Morgan fingerprint density at radius 1 is 0.966 bits per heavy atom. The predicted molar refractivity (Wildman–Crippen MR) is 85.8 cm³/mol. The van der Waals surface area contributed by atoms with E-state index in [2.05, 4.69) is 9.57 Å². The Hall–Kier alpha value is -3.45. The summed E-state index contributed by atoms with van der Waals surface area (Å²) < 4.78 is 79.3. The van der Waals surface area contributed by atoms with Crippen molar-refractivity contribution in [2.24, 2.45) is 0 Å². The topological polar surface area (TPSA) is 127 Å². The summed E-state index contributed by atoms with van der Waals surface area (Å²) in [4.78, 5) is 38.9. The molecule has 2 aromatic rings. The molecule has 0 saturated carbocycles. The van der Waals surface area contributed by atoms with Crippen molar-refractivity contribution in [1.29, 1.82) is 0 Å². The number of nitrogen functional groups attached to an aromatic ring is 2. The summed E-state index contributed by atoms with van der Waals surface area (Å²) in [5.41, 5.74) is 8.14. The first-order valence-corrected chi connectivity index (χ1v) is 7.39. The number of esters is 1. The molecular weight excluding hydrogens is 416 g/mol. The van der Waals surface area contributed by atoms with Crippen LogP contribution in [0.4, 0.5) is 37.7 Å². The summed E-state index contributed by atoms with van der Waals surface area (Å²) in [6, 6.07) is 0.749. The van der Waals surface area contributed by atoms with Crippen LogP contribution >= 0.6 is 0 Å². The maximum atomic E-state index is 12.6. The largest absolute Gasteiger partial charge is 0.493 e. The maximum Gasteiger partial charge on any atom is 0.493 e. The molecule has 0 atom stereocenters. The van der Waals surface area contributed by atoms with Crippen molar-refractivity contribution in [3.05, 3.63) is 27.7 Å². The number of aromatic nitrogens is 1. The van der Waals surface area contributed by atoms with Gasteiger partial charge in [-0.1, -0.05) is 0 Å². The number of carbonyl (C=O) groups excluding carboxylic acids is 2. The van der Waals surface area contributed by atoms with E-state index >= 15 is 0 Å². The molecule has 0 bridgehead atoms. The number of rotatable bonds is 2. The normalized spacial score (nSPS) is 12.1. The molecule has 8 nitrogen and oxygen atoms in total. The van der Waals surface area contributed by atoms with Crippen LogP contribution in [0.15, 0.2) is 10.9 Å². The summed E-state index contributed by atoms with van der Waals surface area (Å²) in [5, 5.41) is -1.12. The average molecular weight is 427 g/mol. The molecule has 0 aliphatic rings. The quantitative estimate of drug-likeness (QED) is 0.324. The van der Waals surface area contributed by atoms with Crippen LogP contribution in [0.3, 0.4) is 0 Å². The molecule has 0 fully saturated rings. The highest BCUT2D eigenvalue weighted by atomic mass is 19.4. The van der Waals surface area contributed by atoms with E-state index in [9.17, 15) is 40.7 Å². The number of aryl methyl sites for hydroxylation is 1. The summed E-state index contributed by atoms with van der Waals surface area (Å²) in [6.07, 6.45) is -10.8. The Morgan fingerprint density at radius 2 is 1.48 bits per heavy atom. The number of nitrogens with zero attached hydrogens (tertiary/aromatic N) is 1. The molecule has 14 heteroatoms.